The number of hydrogen-bond donors (Lipinski definition) is 0. The quantitative estimate of drug-likeness (QED) is 0.435. The van der Waals surface area contributed by atoms with E-state index in [4.69, 9.17) is 9.47 Å². The molecule has 0 atom stereocenters. The summed E-state index contributed by atoms with van der Waals surface area (Å²) in [5, 5.41) is 0. The van der Waals surface area contributed by atoms with Crippen LogP contribution in [0.1, 0.15) is 47.8 Å². The monoisotopic (exact) mass is 486 g/mol. The number of benzene rings is 3. The van der Waals surface area contributed by atoms with Crippen molar-refractivity contribution < 1.29 is 19.1 Å². The lowest BCUT2D eigenvalue weighted by Gasteiger charge is -2.26. The van der Waals surface area contributed by atoms with Crippen molar-refractivity contribution in [2.24, 2.45) is 5.92 Å². The summed E-state index contributed by atoms with van der Waals surface area (Å²) in [6.07, 6.45) is 0. The molecular weight excluding hydrogens is 452 g/mol. The number of carbonyl (C=O) groups excluding carboxylic acids is 2. The van der Waals surface area contributed by atoms with Crippen molar-refractivity contribution in [1.82, 2.24) is 4.90 Å². The van der Waals surface area contributed by atoms with Crippen LogP contribution in [0.25, 0.3) is 0 Å². The lowest BCUT2D eigenvalue weighted by atomic mass is 10.1. The third kappa shape index (κ3) is 5.88. The van der Waals surface area contributed by atoms with Gasteiger partial charge in [-0.1, -0.05) is 37.6 Å². The van der Waals surface area contributed by atoms with Gasteiger partial charge in [-0.2, -0.15) is 0 Å². The van der Waals surface area contributed by atoms with Crippen LogP contribution in [0.2, 0.25) is 0 Å². The fourth-order valence-corrected chi connectivity index (χ4v) is 4.28. The number of aryl methyl sites for hydroxylation is 1. The number of rotatable bonds is 7. The van der Waals surface area contributed by atoms with Gasteiger partial charge in [0.05, 0.1) is 19.7 Å². The van der Waals surface area contributed by atoms with E-state index in [9.17, 15) is 9.59 Å². The second-order valence-electron chi connectivity index (χ2n) is 9.39. The first-order valence-corrected chi connectivity index (χ1v) is 12.5. The summed E-state index contributed by atoms with van der Waals surface area (Å²) in [4.78, 5) is 30.0. The SMILES string of the molecule is CCOc1ccc(C(=O)N2CCOc3ccc(CN(C(=O)C(C)C)c4ccc(C)cc4)cc3C2)cc1. The van der Waals surface area contributed by atoms with E-state index in [1.54, 1.807) is 12.1 Å². The molecule has 4 rings (SSSR count). The standard InChI is InChI=1S/C30H34N2O4/c1-5-35-27-13-9-24(10-14-27)30(34)31-16-17-36-28-15-8-23(18-25(28)20-31)19-32(29(33)21(2)3)26-11-6-22(4)7-12-26/h6-15,18,21H,5,16-17,19-20H2,1-4H3. The van der Waals surface area contributed by atoms with Crippen LogP contribution in [0.5, 0.6) is 11.5 Å². The van der Waals surface area contributed by atoms with Crippen LogP contribution in [-0.2, 0) is 17.9 Å². The maximum atomic E-state index is 13.2. The van der Waals surface area contributed by atoms with E-state index in [2.05, 4.69) is 0 Å². The second kappa shape index (κ2) is 11.3. The molecule has 0 bridgehead atoms. The van der Waals surface area contributed by atoms with Crippen LogP contribution in [0.4, 0.5) is 5.69 Å². The molecule has 2 amide bonds. The lowest BCUT2D eigenvalue weighted by Crippen LogP contribution is -2.34. The summed E-state index contributed by atoms with van der Waals surface area (Å²) in [6, 6.07) is 21.2. The highest BCUT2D eigenvalue weighted by molar-refractivity contribution is 5.95. The van der Waals surface area contributed by atoms with E-state index < -0.39 is 0 Å². The minimum atomic E-state index is -0.127. The summed E-state index contributed by atoms with van der Waals surface area (Å²) in [6.45, 7) is 10.2. The molecule has 0 radical (unpaired) electrons. The van der Waals surface area contributed by atoms with Gasteiger partial charge in [0.2, 0.25) is 5.91 Å². The van der Waals surface area contributed by atoms with Crippen LogP contribution in [-0.4, -0.2) is 36.5 Å². The van der Waals surface area contributed by atoms with Crippen LogP contribution in [0, 0.1) is 12.8 Å². The first kappa shape index (κ1) is 25.3. The van der Waals surface area contributed by atoms with Gasteiger partial charge in [-0.15, -0.1) is 0 Å². The number of amides is 2. The van der Waals surface area contributed by atoms with Crippen molar-refractivity contribution in [2.45, 2.75) is 40.8 Å². The van der Waals surface area contributed by atoms with Crippen molar-refractivity contribution in [1.29, 1.82) is 0 Å². The molecule has 0 fully saturated rings. The minimum absolute atomic E-state index is 0.0452. The molecule has 1 aliphatic rings. The van der Waals surface area contributed by atoms with Crippen molar-refractivity contribution in [3.05, 3.63) is 89.0 Å². The van der Waals surface area contributed by atoms with E-state index in [1.165, 1.54) is 0 Å². The Morgan fingerprint density at radius 2 is 1.75 bits per heavy atom. The van der Waals surface area contributed by atoms with E-state index >= 15 is 0 Å². The maximum Gasteiger partial charge on any atom is 0.254 e. The molecule has 0 unspecified atom stereocenters. The van der Waals surface area contributed by atoms with Gasteiger partial charge in [0.25, 0.3) is 5.91 Å². The van der Waals surface area contributed by atoms with Crippen molar-refractivity contribution in [3.63, 3.8) is 0 Å². The molecule has 0 saturated heterocycles. The Kier molecular flexibility index (Phi) is 7.93. The largest absolute Gasteiger partial charge is 0.494 e. The van der Waals surface area contributed by atoms with Gasteiger partial charge in [0.1, 0.15) is 18.1 Å². The molecule has 3 aromatic rings. The van der Waals surface area contributed by atoms with E-state index in [1.807, 2.05) is 92.1 Å². The second-order valence-corrected chi connectivity index (χ2v) is 9.39. The van der Waals surface area contributed by atoms with Gasteiger partial charge in [-0.25, -0.2) is 0 Å². The topological polar surface area (TPSA) is 59.1 Å². The molecule has 0 saturated carbocycles. The van der Waals surface area contributed by atoms with E-state index in [0.717, 1.165) is 33.9 Å². The molecule has 188 valence electrons. The minimum Gasteiger partial charge on any atom is -0.494 e. The van der Waals surface area contributed by atoms with Crippen LogP contribution in [0.15, 0.2) is 66.7 Å². The van der Waals surface area contributed by atoms with Gasteiger partial charge in [0, 0.05) is 29.3 Å². The molecule has 0 N–H and O–H groups in total. The Labute approximate surface area is 213 Å². The summed E-state index contributed by atoms with van der Waals surface area (Å²) < 4.78 is 11.5. The predicted molar refractivity (Wildman–Crippen MR) is 141 cm³/mol. The summed E-state index contributed by atoms with van der Waals surface area (Å²) in [5.41, 5.74) is 4.56. The van der Waals surface area contributed by atoms with Gasteiger partial charge in [-0.05, 0) is 67.9 Å². The van der Waals surface area contributed by atoms with Crippen LogP contribution < -0.4 is 14.4 Å². The smallest absolute Gasteiger partial charge is 0.254 e. The Balaban J connectivity index is 1.56. The molecule has 3 aromatic carbocycles. The molecule has 6 heteroatoms. The zero-order chi connectivity index (χ0) is 25.7. The number of hydrogen-bond acceptors (Lipinski definition) is 4. The zero-order valence-electron chi connectivity index (χ0n) is 21.5. The zero-order valence-corrected chi connectivity index (χ0v) is 21.5. The summed E-state index contributed by atoms with van der Waals surface area (Å²) in [7, 11) is 0. The Bertz CT molecular complexity index is 1200. The molecule has 0 aromatic heterocycles. The highest BCUT2D eigenvalue weighted by Gasteiger charge is 2.23. The predicted octanol–water partition coefficient (Wildman–Crippen LogP) is 5.62. The normalized spacial score (nSPS) is 13.0. The molecule has 1 heterocycles. The number of fused-ring (bicyclic) bond motifs is 1. The Morgan fingerprint density at radius 1 is 1.03 bits per heavy atom. The third-order valence-electron chi connectivity index (χ3n) is 6.25. The van der Waals surface area contributed by atoms with Crippen molar-refractivity contribution in [2.75, 3.05) is 24.7 Å². The third-order valence-corrected chi connectivity index (χ3v) is 6.25. The van der Waals surface area contributed by atoms with Gasteiger partial charge in [0.15, 0.2) is 0 Å². The first-order chi connectivity index (χ1) is 17.4. The Hall–Kier alpha value is -3.80. The molecular formula is C30H34N2O4. The van der Waals surface area contributed by atoms with Crippen molar-refractivity contribution >= 4 is 17.5 Å². The van der Waals surface area contributed by atoms with Gasteiger partial charge >= 0.3 is 0 Å². The van der Waals surface area contributed by atoms with Crippen LogP contribution in [0.3, 0.4) is 0 Å². The fourth-order valence-electron chi connectivity index (χ4n) is 4.28. The highest BCUT2D eigenvalue weighted by Crippen LogP contribution is 2.28. The summed E-state index contributed by atoms with van der Waals surface area (Å²) in [5.74, 6) is 1.42. The lowest BCUT2D eigenvalue weighted by molar-refractivity contribution is -0.121. The molecule has 0 spiro atoms. The highest BCUT2D eigenvalue weighted by atomic mass is 16.5. The van der Waals surface area contributed by atoms with E-state index in [0.29, 0.717) is 38.4 Å². The molecule has 6 nitrogen and oxygen atoms in total. The molecule has 0 aliphatic carbocycles. The van der Waals surface area contributed by atoms with Crippen molar-refractivity contribution in [3.8, 4) is 11.5 Å². The average molecular weight is 487 g/mol. The molecule has 1 aliphatic heterocycles. The van der Waals surface area contributed by atoms with Gasteiger partial charge in [-0.3, -0.25) is 9.59 Å². The fraction of sp³-hybridized carbons (Fsp3) is 0.333. The number of ether oxygens (including phenoxy) is 2. The average Bonchev–Trinajstić information content (AvgIpc) is 3.10. The first-order valence-electron chi connectivity index (χ1n) is 12.5. The summed E-state index contributed by atoms with van der Waals surface area (Å²) >= 11 is 0. The number of nitrogens with zero attached hydrogens (tertiary/aromatic N) is 2. The maximum absolute atomic E-state index is 13.2. The number of carbonyl (C=O) groups is 2. The molecule has 36 heavy (non-hydrogen) atoms. The number of anilines is 1. The Morgan fingerprint density at radius 3 is 2.42 bits per heavy atom. The van der Waals surface area contributed by atoms with E-state index in [-0.39, 0.29) is 17.7 Å². The van der Waals surface area contributed by atoms with Crippen LogP contribution >= 0.6 is 0 Å². The van der Waals surface area contributed by atoms with Gasteiger partial charge < -0.3 is 19.3 Å².